The molecule has 5 heteroatoms. The number of carbonyl (C=O) groups excluding carboxylic acids is 2. The summed E-state index contributed by atoms with van der Waals surface area (Å²) in [6, 6.07) is 26.6. The average molecular weight is 436 g/mol. The smallest absolute Gasteiger partial charge is 0.255 e. The van der Waals surface area contributed by atoms with Gasteiger partial charge in [-0.3, -0.25) is 14.6 Å². The van der Waals surface area contributed by atoms with Gasteiger partial charge in [-0.1, -0.05) is 54.6 Å². The molecular weight excluding hydrogens is 410 g/mol. The Balaban J connectivity index is 1.36. The van der Waals surface area contributed by atoms with E-state index in [2.05, 4.69) is 10.3 Å². The summed E-state index contributed by atoms with van der Waals surface area (Å²) in [7, 11) is 0. The van der Waals surface area contributed by atoms with Gasteiger partial charge in [-0.2, -0.15) is 0 Å². The molecule has 164 valence electrons. The van der Waals surface area contributed by atoms with E-state index in [1.165, 1.54) is 0 Å². The minimum absolute atomic E-state index is 0.165. The minimum atomic E-state index is -0.230. The van der Waals surface area contributed by atoms with Gasteiger partial charge >= 0.3 is 0 Å². The Morgan fingerprint density at radius 1 is 0.818 bits per heavy atom. The molecule has 5 nitrogen and oxygen atoms in total. The molecule has 4 rings (SSSR count). The lowest BCUT2D eigenvalue weighted by Crippen LogP contribution is -2.13. The van der Waals surface area contributed by atoms with Crippen LogP contribution in [-0.4, -0.2) is 16.7 Å². The summed E-state index contributed by atoms with van der Waals surface area (Å²) in [6.07, 6.45) is 4.88. The van der Waals surface area contributed by atoms with Crippen LogP contribution in [0, 0.1) is 0 Å². The summed E-state index contributed by atoms with van der Waals surface area (Å²) in [4.78, 5) is 29.0. The number of aromatic nitrogens is 1. The number of nitrogens with two attached hydrogens (primary N) is 1. The Morgan fingerprint density at radius 3 is 2.33 bits per heavy atom. The predicted octanol–water partition coefficient (Wildman–Crippen LogP) is 5.33. The van der Waals surface area contributed by atoms with Crippen molar-refractivity contribution in [3.05, 3.63) is 114 Å². The van der Waals surface area contributed by atoms with E-state index in [0.717, 1.165) is 22.3 Å². The molecule has 4 aromatic rings. The fraction of sp³-hybridized carbons (Fsp3) is 0.107. The topological polar surface area (TPSA) is 85.1 Å². The number of benzene rings is 3. The van der Waals surface area contributed by atoms with Crippen LogP contribution in [0.4, 0.5) is 11.4 Å². The van der Waals surface area contributed by atoms with E-state index >= 15 is 0 Å². The van der Waals surface area contributed by atoms with Crippen LogP contribution in [0.5, 0.6) is 0 Å². The molecular formula is C28H25N3O2. The Bertz CT molecular complexity index is 1240. The Labute approximate surface area is 193 Å². The number of hydrogen-bond acceptors (Lipinski definition) is 4. The summed E-state index contributed by atoms with van der Waals surface area (Å²) in [5, 5.41) is 2.91. The highest BCUT2D eigenvalue weighted by molar-refractivity contribution is 6.06. The maximum absolute atomic E-state index is 12.8. The Hall–Kier alpha value is -4.25. The molecule has 0 radical (unpaired) electrons. The number of carbonyl (C=O) groups is 2. The molecule has 0 fully saturated rings. The molecule has 0 saturated carbocycles. The molecule has 0 aliphatic rings. The van der Waals surface area contributed by atoms with E-state index in [1.807, 2.05) is 66.7 Å². The molecule has 0 aliphatic heterocycles. The highest BCUT2D eigenvalue weighted by Crippen LogP contribution is 2.27. The second-order valence-corrected chi connectivity index (χ2v) is 7.90. The quantitative estimate of drug-likeness (QED) is 0.367. The monoisotopic (exact) mass is 435 g/mol. The number of nitrogen functional groups attached to an aromatic ring is 1. The Kier molecular flexibility index (Phi) is 6.90. The lowest BCUT2D eigenvalue weighted by Gasteiger charge is -2.11. The van der Waals surface area contributed by atoms with Gasteiger partial charge in [-0.15, -0.1) is 0 Å². The van der Waals surface area contributed by atoms with E-state index in [0.29, 0.717) is 36.2 Å². The SMILES string of the molecule is Nc1ccc(-c2ccccc2)cc1NC(=O)c1ccc(CCC(=O)Cc2cccnc2)cc1. The summed E-state index contributed by atoms with van der Waals surface area (Å²) < 4.78 is 0. The van der Waals surface area contributed by atoms with Crippen LogP contribution in [0.2, 0.25) is 0 Å². The summed E-state index contributed by atoms with van der Waals surface area (Å²) in [6.45, 7) is 0. The number of nitrogens with zero attached hydrogens (tertiary/aromatic N) is 1. The number of rotatable bonds is 8. The molecule has 1 heterocycles. The van der Waals surface area contributed by atoms with E-state index in [-0.39, 0.29) is 11.7 Å². The van der Waals surface area contributed by atoms with Gasteiger partial charge in [-0.25, -0.2) is 0 Å². The van der Waals surface area contributed by atoms with E-state index < -0.39 is 0 Å². The normalized spacial score (nSPS) is 10.5. The fourth-order valence-corrected chi connectivity index (χ4v) is 3.59. The van der Waals surface area contributed by atoms with Crippen molar-refractivity contribution in [2.24, 2.45) is 0 Å². The van der Waals surface area contributed by atoms with Gasteiger partial charge in [-0.05, 0) is 59.0 Å². The standard InChI is InChI=1S/C28H25N3O2/c29-26-15-13-24(22-6-2-1-3-7-22)18-27(26)31-28(33)23-11-8-20(9-12-23)10-14-25(32)17-21-5-4-16-30-19-21/h1-9,11-13,15-16,18-19H,10,14,17,29H2,(H,31,33). The van der Waals surface area contributed by atoms with Gasteiger partial charge in [0.05, 0.1) is 11.4 Å². The number of hydrogen-bond donors (Lipinski definition) is 2. The molecule has 0 unspecified atom stereocenters. The van der Waals surface area contributed by atoms with Crippen molar-refractivity contribution in [2.75, 3.05) is 11.1 Å². The average Bonchev–Trinajstić information content (AvgIpc) is 2.85. The van der Waals surface area contributed by atoms with Crippen molar-refractivity contribution in [3.63, 3.8) is 0 Å². The minimum Gasteiger partial charge on any atom is -0.397 e. The van der Waals surface area contributed by atoms with Crippen molar-refractivity contribution in [1.82, 2.24) is 4.98 Å². The third-order valence-electron chi connectivity index (χ3n) is 5.44. The van der Waals surface area contributed by atoms with Crippen LogP contribution in [0.3, 0.4) is 0 Å². The number of pyridine rings is 1. The first-order chi connectivity index (χ1) is 16.1. The molecule has 0 aliphatic carbocycles. The lowest BCUT2D eigenvalue weighted by molar-refractivity contribution is -0.118. The van der Waals surface area contributed by atoms with Gasteiger partial charge in [0.1, 0.15) is 5.78 Å². The predicted molar refractivity (Wildman–Crippen MR) is 132 cm³/mol. The zero-order chi connectivity index (χ0) is 23.0. The zero-order valence-corrected chi connectivity index (χ0v) is 18.2. The van der Waals surface area contributed by atoms with E-state index in [4.69, 9.17) is 5.73 Å². The first-order valence-electron chi connectivity index (χ1n) is 10.8. The van der Waals surface area contributed by atoms with Crippen molar-refractivity contribution in [2.45, 2.75) is 19.3 Å². The number of aryl methyl sites for hydroxylation is 1. The van der Waals surface area contributed by atoms with Crippen LogP contribution >= 0.6 is 0 Å². The van der Waals surface area contributed by atoms with Crippen LogP contribution in [0.1, 0.15) is 27.9 Å². The fourth-order valence-electron chi connectivity index (χ4n) is 3.59. The second kappa shape index (κ2) is 10.4. The van der Waals surface area contributed by atoms with E-state index in [1.54, 1.807) is 30.6 Å². The van der Waals surface area contributed by atoms with Crippen molar-refractivity contribution in [3.8, 4) is 11.1 Å². The maximum atomic E-state index is 12.8. The number of Topliss-reactive ketones (excluding diaryl/α,β-unsaturated/α-hetero) is 1. The first kappa shape index (κ1) is 22.0. The number of amides is 1. The van der Waals surface area contributed by atoms with Gasteiger partial charge in [0.2, 0.25) is 0 Å². The molecule has 33 heavy (non-hydrogen) atoms. The van der Waals surface area contributed by atoms with Crippen LogP contribution in [-0.2, 0) is 17.6 Å². The second-order valence-electron chi connectivity index (χ2n) is 7.90. The van der Waals surface area contributed by atoms with E-state index in [9.17, 15) is 9.59 Å². The molecule has 0 bridgehead atoms. The number of nitrogens with one attached hydrogen (secondary N) is 1. The van der Waals surface area contributed by atoms with Gasteiger partial charge in [0.25, 0.3) is 5.91 Å². The molecule has 1 amide bonds. The van der Waals surface area contributed by atoms with Crippen LogP contribution < -0.4 is 11.1 Å². The summed E-state index contributed by atoms with van der Waals surface area (Å²) >= 11 is 0. The molecule has 0 atom stereocenters. The third kappa shape index (κ3) is 5.92. The van der Waals surface area contributed by atoms with Crippen LogP contribution in [0.25, 0.3) is 11.1 Å². The highest BCUT2D eigenvalue weighted by Gasteiger charge is 2.10. The van der Waals surface area contributed by atoms with Gasteiger partial charge < -0.3 is 11.1 Å². The molecule has 1 aromatic heterocycles. The Morgan fingerprint density at radius 2 is 1.61 bits per heavy atom. The summed E-state index contributed by atoms with van der Waals surface area (Å²) in [5.74, 6) is -0.0651. The largest absolute Gasteiger partial charge is 0.397 e. The third-order valence-corrected chi connectivity index (χ3v) is 5.44. The molecule has 3 N–H and O–H groups in total. The zero-order valence-electron chi connectivity index (χ0n) is 18.2. The highest BCUT2D eigenvalue weighted by atomic mass is 16.1. The van der Waals surface area contributed by atoms with Gasteiger partial charge in [0.15, 0.2) is 0 Å². The lowest BCUT2D eigenvalue weighted by atomic mass is 10.0. The molecule has 3 aromatic carbocycles. The number of anilines is 2. The molecule has 0 saturated heterocycles. The first-order valence-corrected chi connectivity index (χ1v) is 10.8. The summed E-state index contributed by atoms with van der Waals surface area (Å²) in [5.41, 5.74) is 11.7. The molecule has 0 spiro atoms. The van der Waals surface area contributed by atoms with Crippen molar-refractivity contribution in [1.29, 1.82) is 0 Å². The number of ketones is 1. The van der Waals surface area contributed by atoms with Crippen molar-refractivity contribution >= 4 is 23.1 Å². The maximum Gasteiger partial charge on any atom is 0.255 e. The van der Waals surface area contributed by atoms with Gasteiger partial charge in [0, 0.05) is 30.8 Å². The van der Waals surface area contributed by atoms with Crippen LogP contribution in [0.15, 0.2) is 97.3 Å². The van der Waals surface area contributed by atoms with Crippen molar-refractivity contribution < 1.29 is 9.59 Å².